The van der Waals surface area contributed by atoms with Gasteiger partial charge in [-0.25, -0.2) is 9.18 Å². The Morgan fingerprint density at radius 3 is 2.07 bits per heavy atom. The molecule has 45 heavy (non-hydrogen) atoms. The number of nitrogens with zero attached hydrogens (tertiary/aromatic N) is 2. The molecule has 2 saturated heterocycles. The monoisotopic (exact) mass is 617 g/mol. The second kappa shape index (κ2) is 14.0. The van der Waals surface area contributed by atoms with E-state index in [1.807, 2.05) is 48.5 Å². The number of nitrogens with one attached hydrogen (secondary N) is 2. The lowest BCUT2D eigenvalue weighted by Crippen LogP contribution is -2.56. The van der Waals surface area contributed by atoms with Crippen molar-refractivity contribution >= 4 is 35.0 Å². The lowest BCUT2D eigenvalue weighted by atomic mass is 10.0. The van der Waals surface area contributed by atoms with Gasteiger partial charge in [-0.15, -0.1) is 0 Å². The molecule has 2 aliphatic heterocycles. The first-order valence-corrected chi connectivity index (χ1v) is 15.2. The molecule has 1 unspecified atom stereocenters. The molecule has 5 rings (SSSR count). The Hall–Kier alpha value is -4.64. The number of hydrogen-bond acceptors (Lipinski definition) is 7. The van der Waals surface area contributed by atoms with Crippen LogP contribution < -0.4 is 21.3 Å². The molecule has 5 atom stereocenters. The number of methoxy groups -OCH3 is 2. The van der Waals surface area contributed by atoms with E-state index in [-0.39, 0.29) is 23.8 Å². The summed E-state index contributed by atoms with van der Waals surface area (Å²) < 4.78 is 23.8. The molecule has 0 aromatic heterocycles. The first-order valence-electron chi connectivity index (χ1n) is 15.2. The Morgan fingerprint density at radius 2 is 1.49 bits per heavy atom. The summed E-state index contributed by atoms with van der Waals surface area (Å²) in [5.74, 6) is -0.988. The Balaban J connectivity index is 1.31. The second-order valence-electron chi connectivity index (χ2n) is 11.5. The smallest absolute Gasteiger partial charge is 0.407 e. The molecule has 2 fully saturated rings. The van der Waals surface area contributed by atoms with Gasteiger partial charge >= 0.3 is 6.09 Å². The second-order valence-corrected chi connectivity index (χ2v) is 11.5. The molecule has 0 aliphatic carbocycles. The third kappa shape index (κ3) is 7.04. The van der Waals surface area contributed by atoms with Gasteiger partial charge in [0.05, 0.1) is 25.3 Å². The molecule has 3 amide bonds. The molecule has 2 aliphatic rings. The Bertz CT molecular complexity index is 1480. The van der Waals surface area contributed by atoms with E-state index in [4.69, 9.17) is 10.5 Å². The molecule has 0 bridgehead atoms. The minimum atomic E-state index is -0.998. The summed E-state index contributed by atoms with van der Waals surface area (Å²) in [6, 6.07) is 20.6. The summed E-state index contributed by atoms with van der Waals surface area (Å²) in [4.78, 5) is 42.5. The summed E-state index contributed by atoms with van der Waals surface area (Å²) >= 11 is 0. The van der Waals surface area contributed by atoms with Gasteiger partial charge < -0.3 is 35.6 Å². The van der Waals surface area contributed by atoms with Gasteiger partial charge in [0.1, 0.15) is 17.9 Å². The number of ether oxygens (including phenoxy) is 2. The maximum atomic E-state index is 13.8. The molecular weight excluding hydrogens is 577 g/mol. The van der Waals surface area contributed by atoms with Crippen LogP contribution in [0.5, 0.6) is 0 Å². The molecule has 4 N–H and O–H groups in total. The normalized spacial score (nSPS) is 20.8. The number of alkyl carbamates (subject to hydrolysis) is 1. The van der Waals surface area contributed by atoms with E-state index in [9.17, 15) is 18.8 Å². The van der Waals surface area contributed by atoms with E-state index in [0.717, 1.165) is 29.7 Å². The topological polar surface area (TPSA) is 126 Å². The van der Waals surface area contributed by atoms with Crippen LogP contribution in [-0.2, 0) is 19.1 Å². The fourth-order valence-corrected chi connectivity index (χ4v) is 6.35. The lowest BCUT2D eigenvalue weighted by Gasteiger charge is -2.33. The number of nitrogens with two attached hydrogens (primary N) is 1. The highest BCUT2D eigenvalue weighted by molar-refractivity contribution is 5.98. The molecule has 0 radical (unpaired) electrons. The first-order chi connectivity index (χ1) is 21.7. The molecule has 2 heterocycles. The minimum absolute atomic E-state index is 0.0349. The van der Waals surface area contributed by atoms with Crippen molar-refractivity contribution in [2.24, 2.45) is 0 Å². The van der Waals surface area contributed by atoms with Gasteiger partial charge in [0, 0.05) is 30.7 Å². The standard InChI is InChI=1S/C34H40FN5O5/c1-21(44-2)31(38-34(43)45-3)33(42)39-20-4-5-30(39)32(41)37-26-14-8-23(9-15-26)29-19-18-28(22-6-12-25(36)13-7-22)40(29)27-16-10-24(35)11-17-27/h6-17,21,28-31H,4-5,18-20,36H2,1-3H3,(H,37,41)(H,38,43)/t21-,28+,29+,30+,31?/m1/s1. The van der Waals surface area contributed by atoms with Crippen LogP contribution in [0.25, 0.3) is 0 Å². The van der Waals surface area contributed by atoms with E-state index in [1.165, 1.54) is 31.3 Å². The van der Waals surface area contributed by atoms with Crippen molar-refractivity contribution in [3.05, 3.63) is 89.7 Å². The van der Waals surface area contributed by atoms with E-state index in [1.54, 1.807) is 19.1 Å². The summed E-state index contributed by atoms with van der Waals surface area (Å²) in [6.45, 7) is 2.06. The third-order valence-electron chi connectivity index (χ3n) is 8.80. The first kappa shape index (κ1) is 31.8. The number of rotatable bonds is 9. The molecule has 238 valence electrons. The highest BCUT2D eigenvalue weighted by Crippen LogP contribution is 2.47. The summed E-state index contributed by atoms with van der Waals surface area (Å²) in [7, 11) is 2.67. The van der Waals surface area contributed by atoms with Gasteiger partial charge in [0.25, 0.3) is 0 Å². The number of likely N-dealkylation sites (tertiary alicyclic amines) is 1. The average Bonchev–Trinajstić information content (AvgIpc) is 3.72. The predicted molar refractivity (Wildman–Crippen MR) is 170 cm³/mol. The fraction of sp³-hybridized carbons (Fsp3) is 0.382. The number of anilines is 3. The maximum absolute atomic E-state index is 13.8. The van der Waals surface area contributed by atoms with Gasteiger partial charge in [-0.2, -0.15) is 0 Å². The summed E-state index contributed by atoms with van der Waals surface area (Å²) in [5.41, 5.74) is 10.4. The van der Waals surface area contributed by atoms with Gasteiger partial charge in [-0.05, 0) is 92.3 Å². The van der Waals surface area contributed by atoms with Crippen LogP contribution in [0.2, 0.25) is 0 Å². The van der Waals surface area contributed by atoms with Gasteiger partial charge in [-0.3, -0.25) is 9.59 Å². The van der Waals surface area contributed by atoms with Crippen LogP contribution in [0.1, 0.15) is 55.8 Å². The molecule has 3 aromatic rings. The van der Waals surface area contributed by atoms with E-state index in [0.29, 0.717) is 30.8 Å². The number of amides is 3. The largest absolute Gasteiger partial charge is 0.453 e. The Kier molecular flexibility index (Phi) is 9.87. The van der Waals surface area contributed by atoms with Crippen LogP contribution in [0.15, 0.2) is 72.8 Å². The van der Waals surface area contributed by atoms with Crippen molar-refractivity contribution < 1.29 is 28.2 Å². The molecule has 3 aromatic carbocycles. The zero-order valence-corrected chi connectivity index (χ0v) is 25.7. The highest BCUT2D eigenvalue weighted by Gasteiger charge is 2.40. The van der Waals surface area contributed by atoms with Crippen molar-refractivity contribution in [3.63, 3.8) is 0 Å². The van der Waals surface area contributed by atoms with Crippen molar-refractivity contribution in [2.75, 3.05) is 36.7 Å². The van der Waals surface area contributed by atoms with E-state index >= 15 is 0 Å². The van der Waals surface area contributed by atoms with Crippen molar-refractivity contribution in [3.8, 4) is 0 Å². The molecule has 10 nitrogen and oxygen atoms in total. The Morgan fingerprint density at radius 1 is 0.889 bits per heavy atom. The quantitative estimate of drug-likeness (QED) is 0.283. The SMILES string of the molecule is COC(=O)NC(C(=O)N1CCC[C@H]1C(=O)Nc1ccc([C@@H]2CC[C@@H](c3ccc(N)cc3)N2c2ccc(F)cc2)cc1)[C@@H](C)OC. The van der Waals surface area contributed by atoms with Crippen molar-refractivity contribution in [1.82, 2.24) is 10.2 Å². The van der Waals surface area contributed by atoms with E-state index < -0.39 is 30.2 Å². The van der Waals surface area contributed by atoms with Crippen molar-refractivity contribution in [2.45, 2.75) is 62.9 Å². The van der Waals surface area contributed by atoms with Gasteiger partial charge in [0.2, 0.25) is 11.8 Å². The number of carbonyl (C=O) groups is 3. The number of benzene rings is 3. The Labute approximate surface area is 262 Å². The number of halogens is 1. The van der Waals surface area contributed by atoms with Gasteiger partial charge in [-0.1, -0.05) is 24.3 Å². The van der Waals surface area contributed by atoms with Crippen molar-refractivity contribution in [1.29, 1.82) is 0 Å². The minimum Gasteiger partial charge on any atom is -0.453 e. The van der Waals surface area contributed by atoms with Crippen LogP contribution in [-0.4, -0.2) is 61.8 Å². The average molecular weight is 618 g/mol. The van der Waals surface area contributed by atoms with E-state index in [2.05, 4.69) is 20.3 Å². The maximum Gasteiger partial charge on any atom is 0.407 e. The molecule has 11 heteroatoms. The summed E-state index contributed by atoms with van der Waals surface area (Å²) in [6.07, 6.45) is 1.58. The van der Waals surface area contributed by atoms with Gasteiger partial charge in [0.15, 0.2) is 0 Å². The van der Waals surface area contributed by atoms with Crippen LogP contribution in [0.4, 0.5) is 26.2 Å². The molecular formula is C34H40FN5O5. The summed E-state index contributed by atoms with van der Waals surface area (Å²) in [5, 5.41) is 5.50. The zero-order valence-electron chi connectivity index (χ0n) is 25.7. The number of hydrogen-bond donors (Lipinski definition) is 3. The molecule has 0 saturated carbocycles. The lowest BCUT2D eigenvalue weighted by molar-refractivity contribution is -0.141. The van der Waals surface area contributed by atoms with Crippen LogP contribution in [0, 0.1) is 5.82 Å². The van der Waals surface area contributed by atoms with Crippen LogP contribution >= 0.6 is 0 Å². The highest BCUT2D eigenvalue weighted by atomic mass is 19.1. The molecule has 0 spiro atoms. The third-order valence-corrected chi connectivity index (χ3v) is 8.80. The fourth-order valence-electron chi connectivity index (χ4n) is 6.35. The zero-order chi connectivity index (χ0) is 32.1. The predicted octanol–water partition coefficient (Wildman–Crippen LogP) is 5.18. The van der Waals surface area contributed by atoms with Crippen LogP contribution in [0.3, 0.4) is 0 Å². The number of carbonyl (C=O) groups excluding carboxylic acids is 3. The number of nitrogen functional groups attached to an aromatic ring is 1.